The van der Waals surface area contributed by atoms with Crippen molar-refractivity contribution in [1.29, 1.82) is 0 Å². The Kier molecular flexibility index (Phi) is 11.1. The molecule has 0 heterocycles. The van der Waals surface area contributed by atoms with Crippen molar-refractivity contribution in [3.05, 3.63) is 99.5 Å². The van der Waals surface area contributed by atoms with Gasteiger partial charge in [0.05, 0.1) is 22.0 Å². The maximum atomic E-state index is 14.0. The molecule has 12 heteroatoms. The lowest BCUT2D eigenvalue weighted by molar-refractivity contribution is -0.140. The SMILES string of the molecule is CC(C)CNC(=O)[C@@H](Cc1ccccc1)N(Cc1ccc(Cl)c(Cl)c1)C(=O)CN(c1ccc(F)c(F)c1)S(C)(=O)=O. The molecule has 7 nitrogen and oxygen atoms in total. The number of rotatable bonds is 12. The number of sulfonamides is 1. The number of halogens is 4. The maximum absolute atomic E-state index is 14.0. The topological polar surface area (TPSA) is 86.8 Å². The Morgan fingerprint density at radius 3 is 2.17 bits per heavy atom. The van der Waals surface area contributed by atoms with Gasteiger partial charge in [-0.2, -0.15) is 0 Å². The highest BCUT2D eigenvalue weighted by Crippen LogP contribution is 2.26. The Morgan fingerprint density at radius 2 is 1.59 bits per heavy atom. The summed E-state index contributed by atoms with van der Waals surface area (Å²) >= 11 is 12.3. The van der Waals surface area contributed by atoms with E-state index < -0.39 is 46.1 Å². The molecule has 3 aromatic rings. The molecule has 1 atom stereocenters. The van der Waals surface area contributed by atoms with Gasteiger partial charge in [0.2, 0.25) is 21.8 Å². The molecule has 0 radical (unpaired) electrons. The fourth-order valence-electron chi connectivity index (χ4n) is 4.07. The molecule has 3 aromatic carbocycles. The lowest BCUT2D eigenvalue weighted by Gasteiger charge is -2.33. The minimum atomic E-state index is -4.13. The van der Waals surface area contributed by atoms with Gasteiger partial charge in [0.1, 0.15) is 12.6 Å². The Balaban J connectivity index is 2.07. The molecule has 0 spiro atoms. The second kappa shape index (κ2) is 14.1. The molecular weight excluding hydrogens is 595 g/mol. The van der Waals surface area contributed by atoms with E-state index in [1.807, 2.05) is 32.0 Å². The van der Waals surface area contributed by atoms with Gasteiger partial charge in [-0.1, -0.05) is 73.4 Å². The van der Waals surface area contributed by atoms with Gasteiger partial charge in [0.15, 0.2) is 11.6 Å². The predicted octanol–water partition coefficient (Wildman–Crippen LogP) is 5.45. The normalized spacial score (nSPS) is 12.2. The van der Waals surface area contributed by atoms with Crippen LogP contribution in [0.15, 0.2) is 66.7 Å². The van der Waals surface area contributed by atoms with E-state index in [-0.39, 0.29) is 29.6 Å². The molecule has 0 aromatic heterocycles. The lowest BCUT2D eigenvalue weighted by atomic mass is 10.0. The molecule has 0 bridgehead atoms. The van der Waals surface area contributed by atoms with E-state index in [9.17, 15) is 26.8 Å². The van der Waals surface area contributed by atoms with E-state index >= 15 is 0 Å². The van der Waals surface area contributed by atoms with Crippen LogP contribution < -0.4 is 9.62 Å². The van der Waals surface area contributed by atoms with Crippen LogP contribution in [0.2, 0.25) is 10.0 Å². The zero-order chi connectivity index (χ0) is 30.3. The predicted molar refractivity (Wildman–Crippen MR) is 157 cm³/mol. The van der Waals surface area contributed by atoms with Crippen LogP contribution in [0.5, 0.6) is 0 Å². The van der Waals surface area contributed by atoms with E-state index in [0.717, 1.165) is 24.0 Å². The summed E-state index contributed by atoms with van der Waals surface area (Å²) in [5.41, 5.74) is 1.07. The van der Waals surface area contributed by atoms with Gasteiger partial charge >= 0.3 is 0 Å². The minimum absolute atomic E-state index is 0.113. The molecule has 0 saturated carbocycles. The van der Waals surface area contributed by atoms with Gasteiger partial charge < -0.3 is 10.2 Å². The average Bonchev–Trinajstić information content (AvgIpc) is 2.91. The zero-order valence-electron chi connectivity index (χ0n) is 22.8. The van der Waals surface area contributed by atoms with Crippen molar-refractivity contribution in [3.63, 3.8) is 0 Å². The van der Waals surface area contributed by atoms with Gasteiger partial charge in [-0.15, -0.1) is 0 Å². The number of amides is 2. The van der Waals surface area contributed by atoms with Gasteiger partial charge in [0, 0.05) is 25.6 Å². The van der Waals surface area contributed by atoms with Gasteiger partial charge in [-0.3, -0.25) is 13.9 Å². The summed E-state index contributed by atoms with van der Waals surface area (Å²) < 4.78 is 53.8. The summed E-state index contributed by atoms with van der Waals surface area (Å²) in [5, 5.41) is 3.40. The second-order valence-electron chi connectivity index (χ2n) is 9.98. The number of nitrogens with one attached hydrogen (secondary N) is 1. The minimum Gasteiger partial charge on any atom is -0.354 e. The summed E-state index contributed by atoms with van der Waals surface area (Å²) in [5.74, 6) is -3.49. The first-order chi connectivity index (χ1) is 19.3. The number of carbonyl (C=O) groups is 2. The molecule has 3 rings (SSSR count). The second-order valence-corrected chi connectivity index (χ2v) is 12.7. The van der Waals surface area contributed by atoms with Crippen molar-refractivity contribution in [2.45, 2.75) is 32.9 Å². The Morgan fingerprint density at radius 1 is 0.902 bits per heavy atom. The molecule has 1 N–H and O–H groups in total. The monoisotopic (exact) mass is 625 g/mol. The molecule has 41 heavy (non-hydrogen) atoms. The Bertz CT molecular complexity index is 1490. The first-order valence-electron chi connectivity index (χ1n) is 12.7. The molecular formula is C29H31Cl2F2N3O4S. The summed E-state index contributed by atoms with van der Waals surface area (Å²) in [4.78, 5) is 28.8. The number of carbonyl (C=O) groups excluding carboxylic acids is 2. The molecule has 0 aliphatic carbocycles. The Hall–Kier alpha value is -3.21. The Labute approximate surface area is 249 Å². The van der Waals surface area contributed by atoms with Crippen molar-refractivity contribution in [2.24, 2.45) is 5.92 Å². The van der Waals surface area contributed by atoms with Crippen molar-refractivity contribution in [2.75, 3.05) is 23.7 Å². The van der Waals surface area contributed by atoms with E-state index in [0.29, 0.717) is 27.5 Å². The van der Waals surface area contributed by atoms with Gasteiger partial charge in [0.25, 0.3) is 0 Å². The van der Waals surface area contributed by atoms with Crippen LogP contribution in [-0.2, 0) is 32.6 Å². The number of hydrogen-bond acceptors (Lipinski definition) is 4. The number of benzene rings is 3. The molecule has 0 aliphatic heterocycles. The van der Waals surface area contributed by atoms with E-state index in [2.05, 4.69) is 5.32 Å². The first kappa shape index (κ1) is 32.3. The zero-order valence-corrected chi connectivity index (χ0v) is 25.1. The molecule has 0 fully saturated rings. The fourth-order valence-corrected chi connectivity index (χ4v) is 5.23. The van der Waals surface area contributed by atoms with Crippen LogP contribution in [-0.4, -0.2) is 50.5 Å². The summed E-state index contributed by atoms with van der Waals surface area (Å²) in [6.07, 6.45) is 0.976. The maximum Gasteiger partial charge on any atom is 0.244 e. The van der Waals surface area contributed by atoms with Crippen LogP contribution in [0.25, 0.3) is 0 Å². The van der Waals surface area contributed by atoms with Crippen molar-refractivity contribution < 1.29 is 26.8 Å². The van der Waals surface area contributed by atoms with Gasteiger partial charge in [-0.25, -0.2) is 17.2 Å². The van der Waals surface area contributed by atoms with Crippen molar-refractivity contribution in [3.8, 4) is 0 Å². The highest BCUT2D eigenvalue weighted by Gasteiger charge is 2.33. The highest BCUT2D eigenvalue weighted by molar-refractivity contribution is 7.92. The van der Waals surface area contributed by atoms with Crippen LogP contribution in [0.4, 0.5) is 14.5 Å². The fraction of sp³-hybridized carbons (Fsp3) is 0.310. The molecule has 0 saturated heterocycles. The largest absolute Gasteiger partial charge is 0.354 e. The summed E-state index contributed by atoms with van der Waals surface area (Å²) in [6, 6.07) is 15.3. The van der Waals surface area contributed by atoms with Crippen LogP contribution >= 0.6 is 23.2 Å². The molecule has 0 aliphatic rings. The third-order valence-corrected chi connectivity index (χ3v) is 8.04. The summed E-state index contributed by atoms with van der Waals surface area (Å²) in [7, 11) is -4.13. The van der Waals surface area contributed by atoms with Crippen molar-refractivity contribution >= 4 is 50.7 Å². The van der Waals surface area contributed by atoms with Crippen LogP contribution in [0.1, 0.15) is 25.0 Å². The standard InChI is InChI=1S/C29H31Cl2F2N3O4S/c1-19(2)16-34-29(38)27(14-20-7-5-4-6-8-20)35(17-21-9-11-23(30)24(31)13-21)28(37)18-36(41(3,39)40)22-10-12-25(32)26(33)15-22/h4-13,15,19,27H,14,16-18H2,1-3H3,(H,34,38)/t27-/m1/s1. The third kappa shape index (κ3) is 9.14. The van der Waals surface area contributed by atoms with Crippen LogP contribution in [0, 0.1) is 17.6 Å². The quantitative estimate of drug-likeness (QED) is 0.290. The number of hydrogen-bond donors (Lipinski definition) is 1. The van der Waals surface area contributed by atoms with Crippen molar-refractivity contribution in [1.82, 2.24) is 10.2 Å². The van der Waals surface area contributed by atoms with Gasteiger partial charge in [-0.05, 0) is 41.3 Å². The highest BCUT2D eigenvalue weighted by atomic mass is 35.5. The molecule has 220 valence electrons. The molecule has 2 amide bonds. The van der Waals surface area contributed by atoms with E-state index in [1.54, 1.807) is 30.3 Å². The third-order valence-electron chi connectivity index (χ3n) is 6.16. The average molecular weight is 627 g/mol. The number of nitrogens with zero attached hydrogens (tertiary/aromatic N) is 2. The van der Waals surface area contributed by atoms with Crippen LogP contribution in [0.3, 0.4) is 0 Å². The number of anilines is 1. The summed E-state index contributed by atoms with van der Waals surface area (Å²) in [6.45, 7) is 3.32. The van der Waals surface area contributed by atoms with E-state index in [4.69, 9.17) is 23.2 Å². The lowest BCUT2D eigenvalue weighted by Crippen LogP contribution is -2.53. The van der Waals surface area contributed by atoms with E-state index in [1.165, 1.54) is 4.90 Å². The molecule has 0 unspecified atom stereocenters. The first-order valence-corrected chi connectivity index (χ1v) is 15.3. The smallest absolute Gasteiger partial charge is 0.244 e.